The summed E-state index contributed by atoms with van der Waals surface area (Å²) in [5.74, 6) is 0. The van der Waals surface area contributed by atoms with E-state index in [4.69, 9.17) is 22.1 Å². The van der Waals surface area contributed by atoms with Crippen LogP contribution in [0.3, 0.4) is 0 Å². The molecule has 0 aliphatic heterocycles. The third-order valence-corrected chi connectivity index (χ3v) is 4.14. The van der Waals surface area contributed by atoms with Crippen molar-refractivity contribution in [1.82, 2.24) is 4.72 Å². The molecule has 18 heavy (non-hydrogen) atoms. The van der Waals surface area contributed by atoms with Gasteiger partial charge >= 0.3 is 0 Å². The molecular weight excluding hydrogens is 276 g/mol. The second-order valence-corrected chi connectivity index (χ2v) is 5.99. The monoisotopic (exact) mass is 292 g/mol. The van der Waals surface area contributed by atoms with Crippen LogP contribution in [-0.4, -0.2) is 27.7 Å². The summed E-state index contributed by atoms with van der Waals surface area (Å²) in [5.41, 5.74) is 5.81. The molecule has 0 fully saturated rings. The van der Waals surface area contributed by atoms with Gasteiger partial charge in [0, 0.05) is 12.6 Å². The van der Waals surface area contributed by atoms with Crippen LogP contribution in [0.25, 0.3) is 0 Å². The Labute approximate surface area is 112 Å². The van der Waals surface area contributed by atoms with Gasteiger partial charge in [-0.3, -0.25) is 0 Å². The number of halogens is 1. The third kappa shape index (κ3) is 4.13. The number of nitrogen functional groups attached to an aromatic ring is 1. The lowest BCUT2D eigenvalue weighted by molar-refractivity contribution is 0.133. The highest BCUT2D eigenvalue weighted by Gasteiger charge is 2.18. The first-order valence-corrected chi connectivity index (χ1v) is 7.38. The smallest absolute Gasteiger partial charge is 0.240 e. The van der Waals surface area contributed by atoms with Crippen LogP contribution >= 0.6 is 11.6 Å². The van der Waals surface area contributed by atoms with E-state index in [0.29, 0.717) is 18.2 Å². The van der Waals surface area contributed by atoms with Gasteiger partial charge in [-0.15, -0.1) is 0 Å². The van der Waals surface area contributed by atoms with Gasteiger partial charge in [0.05, 0.1) is 22.2 Å². The van der Waals surface area contributed by atoms with Gasteiger partial charge in [0.2, 0.25) is 10.0 Å². The van der Waals surface area contributed by atoms with Crippen molar-refractivity contribution in [3.63, 3.8) is 0 Å². The normalized spacial score (nSPS) is 13.5. The highest BCUT2D eigenvalue weighted by atomic mass is 35.5. The molecule has 0 aromatic heterocycles. The first-order chi connectivity index (χ1) is 8.36. The molecule has 0 bridgehead atoms. The van der Waals surface area contributed by atoms with E-state index < -0.39 is 10.0 Å². The highest BCUT2D eigenvalue weighted by molar-refractivity contribution is 7.89. The van der Waals surface area contributed by atoms with Crippen molar-refractivity contribution in [3.8, 4) is 0 Å². The highest BCUT2D eigenvalue weighted by Crippen LogP contribution is 2.22. The number of hydrogen-bond donors (Lipinski definition) is 2. The number of rotatable bonds is 6. The zero-order chi connectivity index (χ0) is 13.8. The quantitative estimate of drug-likeness (QED) is 0.781. The summed E-state index contributed by atoms with van der Waals surface area (Å²) in [7, 11) is -3.60. The molecule has 1 unspecified atom stereocenters. The maximum absolute atomic E-state index is 12.0. The number of ether oxygens (including phenoxy) is 1. The van der Waals surface area contributed by atoms with E-state index in [9.17, 15) is 8.42 Å². The summed E-state index contributed by atoms with van der Waals surface area (Å²) >= 11 is 5.74. The standard InChI is InChI=1S/C11H17ClN2O3S/c1-3-17-7-8(2)14-18(15,16)9-4-5-10(12)11(13)6-9/h4-6,8,14H,3,7,13H2,1-2H3. The Morgan fingerprint density at radius 1 is 1.50 bits per heavy atom. The molecule has 0 saturated heterocycles. The van der Waals surface area contributed by atoms with E-state index in [1.165, 1.54) is 18.2 Å². The number of anilines is 1. The van der Waals surface area contributed by atoms with E-state index in [-0.39, 0.29) is 16.6 Å². The Morgan fingerprint density at radius 2 is 2.17 bits per heavy atom. The summed E-state index contributed by atoms with van der Waals surface area (Å²) in [6.07, 6.45) is 0. The largest absolute Gasteiger partial charge is 0.397 e. The summed E-state index contributed by atoms with van der Waals surface area (Å²) < 4.78 is 31.7. The summed E-state index contributed by atoms with van der Waals surface area (Å²) in [6, 6.07) is 3.89. The molecule has 3 N–H and O–H groups in total. The predicted octanol–water partition coefficient (Wildman–Crippen LogP) is 1.63. The zero-order valence-corrected chi connectivity index (χ0v) is 11.9. The van der Waals surface area contributed by atoms with Crippen LogP contribution in [0.4, 0.5) is 5.69 Å². The minimum absolute atomic E-state index is 0.0905. The molecule has 1 rings (SSSR count). The van der Waals surface area contributed by atoms with Crippen molar-refractivity contribution in [3.05, 3.63) is 23.2 Å². The van der Waals surface area contributed by atoms with Crippen molar-refractivity contribution in [2.45, 2.75) is 24.8 Å². The van der Waals surface area contributed by atoms with Crippen LogP contribution in [0.1, 0.15) is 13.8 Å². The molecule has 0 radical (unpaired) electrons. The first-order valence-electron chi connectivity index (χ1n) is 5.52. The molecule has 0 heterocycles. The fraction of sp³-hybridized carbons (Fsp3) is 0.455. The fourth-order valence-corrected chi connectivity index (χ4v) is 2.73. The molecule has 1 aromatic carbocycles. The van der Waals surface area contributed by atoms with E-state index in [1.807, 2.05) is 6.92 Å². The zero-order valence-electron chi connectivity index (χ0n) is 10.3. The van der Waals surface area contributed by atoms with Gasteiger partial charge < -0.3 is 10.5 Å². The number of sulfonamides is 1. The van der Waals surface area contributed by atoms with E-state index >= 15 is 0 Å². The topological polar surface area (TPSA) is 81.4 Å². The van der Waals surface area contributed by atoms with E-state index in [0.717, 1.165) is 0 Å². The Bertz CT molecular complexity index is 505. The Morgan fingerprint density at radius 3 is 2.72 bits per heavy atom. The van der Waals surface area contributed by atoms with Gasteiger partial charge in [-0.05, 0) is 32.0 Å². The molecule has 0 spiro atoms. The molecule has 0 aliphatic carbocycles. The molecule has 5 nitrogen and oxygen atoms in total. The van der Waals surface area contributed by atoms with E-state index in [1.54, 1.807) is 6.92 Å². The first kappa shape index (κ1) is 15.2. The van der Waals surface area contributed by atoms with Gasteiger partial charge in [-0.25, -0.2) is 13.1 Å². The number of hydrogen-bond acceptors (Lipinski definition) is 4. The van der Waals surface area contributed by atoms with Gasteiger partial charge in [0.1, 0.15) is 0 Å². The molecule has 0 aliphatic rings. The second-order valence-electron chi connectivity index (χ2n) is 3.87. The Balaban J connectivity index is 2.83. The average Bonchev–Trinajstić information content (AvgIpc) is 2.29. The van der Waals surface area contributed by atoms with Crippen LogP contribution in [-0.2, 0) is 14.8 Å². The lowest BCUT2D eigenvalue weighted by Crippen LogP contribution is -2.35. The van der Waals surface area contributed by atoms with Gasteiger partial charge in [0.25, 0.3) is 0 Å². The summed E-state index contributed by atoms with van der Waals surface area (Å²) in [5, 5.41) is 0.330. The molecule has 7 heteroatoms. The lowest BCUT2D eigenvalue weighted by Gasteiger charge is -2.14. The van der Waals surface area contributed by atoms with Crippen LogP contribution in [0.2, 0.25) is 5.02 Å². The van der Waals surface area contributed by atoms with E-state index in [2.05, 4.69) is 4.72 Å². The second kappa shape index (κ2) is 6.38. The van der Waals surface area contributed by atoms with Crippen LogP contribution in [0, 0.1) is 0 Å². The van der Waals surface area contributed by atoms with Gasteiger partial charge in [0.15, 0.2) is 0 Å². The molecular formula is C11H17ClN2O3S. The minimum atomic E-state index is -3.60. The fourth-order valence-electron chi connectivity index (χ4n) is 1.35. The summed E-state index contributed by atoms with van der Waals surface area (Å²) in [6.45, 7) is 4.44. The molecule has 102 valence electrons. The van der Waals surface area contributed by atoms with Crippen molar-refractivity contribution in [1.29, 1.82) is 0 Å². The maximum Gasteiger partial charge on any atom is 0.240 e. The average molecular weight is 293 g/mol. The molecule has 0 amide bonds. The van der Waals surface area contributed by atoms with Crippen LogP contribution in [0.15, 0.2) is 23.1 Å². The van der Waals surface area contributed by atoms with Gasteiger partial charge in [-0.1, -0.05) is 11.6 Å². The molecule has 0 saturated carbocycles. The van der Waals surface area contributed by atoms with Gasteiger partial charge in [-0.2, -0.15) is 0 Å². The summed E-state index contributed by atoms with van der Waals surface area (Å²) in [4.78, 5) is 0.0905. The number of nitrogens with one attached hydrogen (secondary N) is 1. The molecule has 1 aromatic rings. The minimum Gasteiger partial charge on any atom is -0.397 e. The number of benzene rings is 1. The lowest BCUT2D eigenvalue weighted by atomic mass is 10.3. The Kier molecular flexibility index (Phi) is 5.40. The predicted molar refractivity (Wildman–Crippen MR) is 72.1 cm³/mol. The number of nitrogens with two attached hydrogens (primary N) is 1. The van der Waals surface area contributed by atoms with Crippen molar-refractivity contribution < 1.29 is 13.2 Å². The maximum atomic E-state index is 12.0. The SMILES string of the molecule is CCOCC(C)NS(=O)(=O)c1ccc(Cl)c(N)c1. The Hall–Kier alpha value is -0.820. The van der Waals surface area contributed by atoms with Crippen molar-refractivity contribution in [2.24, 2.45) is 0 Å². The third-order valence-electron chi connectivity index (χ3n) is 2.21. The van der Waals surface area contributed by atoms with Crippen LogP contribution in [0.5, 0.6) is 0 Å². The van der Waals surface area contributed by atoms with Crippen molar-refractivity contribution >= 4 is 27.3 Å². The molecule has 1 atom stereocenters. The van der Waals surface area contributed by atoms with Crippen LogP contribution < -0.4 is 10.5 Å². The van der Waals surface area contributed by atoms with Crippen molar-refractivity contribution in [2.75, 3.05) is 18.9 Å².